The Morgan fingerprint density at radius 3 is 1.86 bits per heavy atom. The SMILES string of the molecule is C=C(C)C(=O)OC(C)O.C=C(C)C(=O)OC1CCCCC1. The molecule has 1 aliphatic rings. The number of carbonyl (C=O) groups is 2. The van der Waals surface area contributed by atoms with Crippen molar-refractivity contribution in [1.29, 1.82) is 0 Å². The van der Waals surface area contributed by atoms with Crippen LogP contribution in [0.2, 0.25) is 0 Å². The lowest BCUT2D eigenvalue weighted by Crippen LogP contribution is -2.20. The number of ether oxygens (including phenoxy) is 2. The zero-order chi connectivity index (χ0) is 16.4. The molecule has 1 N–H and O–H groups in total. The van der Waals surface area contributed by atoms with E-state index in [-0.39, 0.29) is 17.6 Å². The molecular weight excluding hydrogens is 272 g/mol. The molecule has 0 aromatic rings. The van der Waals surface area contributed by atoms with Crippen LogP contribution in [0.15, 0.2) is 24.3 Å². The molecule has 0 spiro atoms. The van der Waals surface area contributed by atoms with E-state index in [4.69, 9.17) is 9.84 Å². The topological polar surface area (TPSA) is 72.8 Å². The van der Waals surface area contributed by atoms with Gasteiger partial charge in [0.1, 0.15) is 6.10 Å². The van der Waals surface area contributed by atoms with Crippen molar-refractivity contribution < 1.29 is 24.2 Å². The molecule has 0 aromatic carbocycles. The molecule has 0 radical (unpaired) electrons. The quantitative estimate of drug-likeness (QED) is 0.491. The van der Waals surface area contributed by atoms with Gasteiger partial charge in [-0.1, -0.05) is 19.6 Å². The van der Waals surface area contributed by atoms with E-state index in [1.54, 1.807) is 6.92 Å². The van der Waals surface area contributed by atoms with Gasteiger partial charge in [0.15, 0.2) is 6.29 Å². The third-order valence-electron chi connectivity index (χ3n) is 2.80. The summed E-state index contributed by atoms with van der Waals surface area (Å²) in [4.78, 5) is 21.6. The van der Waals surface area contributed by atoms with Crippen molar-refractivity contribution in [3.8, 4) is 0 Å². The fraction of sp³-hybridized carbons (Fsp3) is 0.625. The van der Waals surface area contributed by atoms with Gasteiger partial charge < -0.3 is 14.6 Å². The fourth-order valence-corrected chi connectivity index (χ4v) is 1.69. The van der Waals surface area contributed by atoms with E-state index in [1.165, 1.54) is 33.1 Å². The van der Waals surface area contributed by atoms with Gasteiger partial charge in [0.2, 0.25) is 0 Å². The number of esters is 2. The van der Waals surface area contributed by atoms with E-state index >= 15 is 0 Å². The molecule has 0 bridgehead atoms. The summed E-state index contributed by atoms with van der Waals surface area (Å²) in [5.74, 6) is -0.799. The molecule has 0 amide bonds. The minimum atomic E-state index is -1.05. The van der Waals surface area contributed by atoms with Crippen molar-refractivity contribution >= 4 is 11.9 Å². The van der Waals surface area contributed by atoms with E-state index in [1.807, 2.05) is 0 Å². The predicted molar refractivity (Wildman–Crippen MR) is 80.4 cm³/mol. The Morgan fingerprint density at radius 1 is 1.05 bits per heavy atom. The van der Waals surface area contributed by atoms with Gasteiger partial charge in [0.05, 0.1) is 0 Å². The predicted octanol–water partition coefficient (Wildman–Crippen LogP) is 2.88. The Morgan fingerprint density at radius 2 is 1.52 bits per heavy atom. The molecule has 1 unspecified atom stereocenters. The lowest BCUT2D eigenvalue weighted by molar-refractivity contribution is -0.159. The number of hydrogen-bond acceptors (Lipinski definition) is 5. The van der Waals surface area contributed by atoms with Gasteiger partial charge in [-0.3, -0.25) is 0 Å². The molecule has 1 rings (SSSR count). The maximum Gasteiger partial charge on any atom is 0.335 e. The van der Waals surface area contributed by atoms with Crippen LogP contribution in [0.5, 0.6) is 0 Å². The first kappa shape index (κ1) is 19.4. The Balaban J connectivity index is 0.000000400. The van der Waals surface area contributed by atoms with E-state index < -0.39 is 12.3 Å². The first-order valence-corrected chi connectivity index (χ1v) is 7.15. The zero-order valence-electron chi connectivity index (χ0n) is 13.2. The molecule has 21 heavy (non-hydrogen) atoms. The summed E-state index contributed by atoms with van der Waals surface area (Å²) in [5, 5.41) is 8.49. The van der Waals surface area contributed by atoms with Crippen molar-refractivity contribution in [1.82, 2.24) is 0 Å². The van der Waals surface area contributed by atoms with Crippen LogP contribution in [-0.2, 0) is 19.1 Å². The van der Waals surface area contributed by atoms with E-state index in [0.717, 1.165) is 12.8 Å². The summed E-state index contributed by atoms with van der Waals surface area (Å²) in [6.45, 7) is 11.4. The third-order valence-corrected chi connectivity index (χ3v) is 2.80. The minimum Gasteiger partial charge on any atom is -0.459 e. The summed E-state index contributed by atoms with van der Waals surface area (Å²) in [6.07, 6.45) is 4.82. The summed E-state index contributed by atoms with van der Waals surface area (Å²) in [5.41, 5.74) is 0.788. The maximum atomic E-state index is 11.1. The van der Waals surface area contributed by atoms with E-state index in [9.17, 15) is 9.59 Å². The molecule has 1 aliphatic carbocycles. The van der Waals surface area contributed by atoms with Crippen LogP contribution in [-0.4, -0.2) is 29.4 Å². The minimum absolute atomic E-state index is 0.156. The summed E-state index contributed by atoms with van der Waals surface area (Å²) in [7, 11) is 0. The zero-order valence-corrected chi connectivity index (χ0v) is 13.2. The van der Waals surface area contributed by atoms with Gasteiger partial charge in [-0.15, -0.1) is 0 Å². The molecule has 0 heterocycles. The molecule has 1 atom stereocenters. The average molecular weight is 298 g/mol. The maximum absolute atomic E-state index is 11.1. The van der Waals surface area contributed by atoms with E-state index in [2.05, 4.69) is 17.9 Å². The standard InChI is InChI=1S/C10H16O2.C6H10O3/c1-8(2)10(11)12-9-6-4-3-5-7-9;1-4(2)6(8)9-5(3)7/h9H,1,3-7H2,2H3;5,7H,1H2,2-3H3. The monoisotopic (exact) mass is 298 g/mol. The molecule has 0 saturated heterocycles. The number of rotatable bonds is 4. The largest absolute Gasteiger partial charge is 0.459 e. The highest BCUT2D eigenvalue weighted by atomic mass is 16.6. The first-order valence-electron chi connectivity index (χ1n) is 7.15. The lowest BCUT2D eigenvalue weighted by Gasteiger charge is -2.21. The summed E-state index contributed by atoms with van der Waals surface area (Å²) < 4.78 is 9.54. The number of carbonyl (C=O) groups excluding carboxylic acids is 2. The number of aliphatic hydroxyl groups is 1. The van der Waals surface area contributed by atoms with E-state index in [0.29, 0.717) is 5.57 Å². The summed E-state index contributed by atoms with van der Waals surface area (Å²) in [6, 6.07) is 0. The number of aliphatic hydroxyl groups excluding tert-OH is 1. The molecule has 0 aliphatic heterocycles. The molecular formula is C16H26O5. The van der Waals surface area contributed by atoms with Crippen molar-refractivity contribution in [2.75, 3.05) is 0 Å². The van der Waals surface area contributed by atoms with Gasteiger partial charge in [-0.2, -0.15) is 0 Å². The van der Waals surface area contributed by atoms with Crippen LogP contribution >= 0.6 is 0 Å². The Bertz CT molecular complexity index is 378. The molecule has 1 fully saturated rings. The smallest absolute Gasteiger partial charge is 0.335 e. The Hall–Kier alpha value is -1.62. The number of hydrogen-bond donors (Lipinski definition) is 1. The fourth-order valence-electron chi connectivity index (χ4n) is 1.69. The molecule has 120 valence electrons. The van der Waals surface area contributed by atoms with Crippen molar-refractivity contribution in [3.63, 3.8) is 0 Å². The van der Waals surface area contributed by atoms with Crippen molar-refractivity contribution in [3.05, 3.63) is 24.3 Å². The Kier molecular flexibility index (Phi) is 9.37. The van der Waals surface area contributed by atoms with Gasteiger partial charge in [-0.05, 0) is 46.5 Å². The van der Waals surface area contributed by atoms with Gasteiger partial charge in [0, 0.05) is 11.1 Å². The van der Waals surface area contributed by atoms with Gasteiger partial charge in [-0.25, -0.2) is 9.59 Å². The van der Waals surface area contributed by atoms with Crippen molar-refractivity contribution in [2.24, 2.45) is 0 Å². The van der Waals surface area contributed by atoms with Crippen LogP contribution < -0.4 is 0 Å². The highest BCUT2D eigenvalue weighted by Gasteiger charge is 2.17. The molecule has 0 aromatic heterocycles. The third kappa shape index (κ3) is 9.85. The van der Waals surface area contributed by atoms with Gasteiger partial charge in [0.25, 0.3) is 0 Å². The van der Waals surface area contributed by atoms with Crippen LogP contribution in [0.4, 0.5) is 0 Å². The van der Waals surface area contributed by atoms with Crippen LogP contribution in [0.25, 0.3) is 0 Å². The molecule has 5 heteroatoms. The second kappa shape index (κ2) is 10.2. The highest BCUT2D eigenvalue weighted by molar-refractivity contribution is 5.87. The molecule has 5 nitrogen and oxygen atoms in total. The van der Waals surface area contributed by atoms with Crippen LogP contribution in [0.3, 0.4) is 0 Å². The summed E-state index contributed by atoms with van der Waals surface area (Å²) >= 11 is 0. The molecule has 1 saturated carbocycles. The average Bonchev–Trinajstić information content (AvgIpc) is 2.39. The second-order valence-electron chi connectivity index (χ2n) is 5.23. The van der Waals surface area contributed by atoms with Crippen LogP contribution in [0, 0.1) is 0 Å². The second-order valence-corrected chi connectivity index (χ2v) is 5.23. The van der Waals surface area contributed by atoms with Crippen molar-refractivity contribution in [2.45, 2.75) is 65.3 Å². The normalized spacial score (nSPS) is 16.0. The first-order chi connectivity index (χ1) is 9.73. The Labute approximate surface area is 126 Å². The highest BCUT2D eigenvalue weighted by Crippen LogP contribution is 2.20. The lowest BCUT2D eigenvalue weighted by atomic mass is 9.98. The van der Waals surface area contributed by atoms with Gasteiger partial charge >= 0.3 is 11.9 Å². The van der Waals surface area contributed by atoms with Crippen LogP contribution in [0.1, 0.15) is 52.9 Å².